The van der Waals surface area contributed by atoms with Crippen LogP contribution >= 0.6 is 0 Å². The fraction of sp³-hybridized carbons (Fsp3) is 0.364. The van der Waals surface area contributed by atoms with Crippen LogP contribution in [0, 0.1) is 17.6 Å². The number of anilines is 1. The molecule has 1 aromatic carbocycles. The molecule has 1 fully saturated rings. The Morgan fingerprint density at radius 1 is 1.28 bits per heavy atom. The minimum absolute atomic E-state index is 0.0110. The summed E-state index contributed by atoms with van der Waals surface area (Å²) >= 11 is 0. The molecular weight excluding hydrogens is 264 g/mol. The van der Waals surface area contributed by atoms with Crippen LogP contribution in [-0.2, 0) is 14.6 Å². The van der Waals surface area contributed by atoms with E-state index in [0.29, 0.717) is 0 Å². The molecule has 0 radical (unpaired) electrons. The molecule has 2 rings (SSSR count). The van der Waals surface area contributed by atoms with Gasteiger partial charge in [-0.05, 0) is 18.6 Å². The van der Waals surface area contributed by atoms with E-state index in [1.807, 2.05) is 0 Å². The smallest absolute Gasteiger partial charge is 0.228 e. The van der Waals surface area contributed by atoms with Gasteiger partial charge in [0.1, 0.15) is 0 Å². The van der Waals surface area contributed by atoms with Crippen molar-refractivity contribution in [1.82, 2.24) is 0 Å². The maximum atomic E-state index is 12.9. The average Bonchev–Trinajstić information content (AvgIpc) is 2.64. The van der Waals surface area contributed by atoms with E-state index in [1.165, 1.54) is 6.07 Å². The zero-order valence-electron chi connectivity index (χ0n) is 9.32. The highest BCUT2D eigenvalue weighted by Gasteiger charge is 2.32. The van der Waals surface area contributed by atoms with Crippen LogP contribution in [0.25, 0.3) is 0 Å². The lowest BCUT2D eigenvalue weighted by Gasteiger charge is -2.09. The maximum Gasteiger partial charge on any atom is 0.228 e. The Bertz CT molecular complexity index is 586. The van der Waals surface area contributed by atoms with Crippen molar-refractivity contribution in [2.75, 3.05) is 16.8 Å². The van der Waals surface area contributed by atoms with Gasteiger partial charge in [0.25, 0.3) is 0 Å². The van der Waals surface area contributed by atoms with Gasteiger partial charge in [0, 0.05) is 11.8 Å². The molecule has 1 aliphatic rings. The number of carbonyl (C=O) groups is 1. The first-order valence-electron chi connectivity index (χ1n) is 5.34. The number of sulfone groups is 1. The third kappa shape index (κ3) is 2.84. The van der Waals surface area contributed by atoms with Gasteiger partial charge in [0.15, 0.2) is 21.5 Å². The van der Waals surface area contributed by atoms with Crippen LogP contribution in [0.2, 0.25) is 0 Å². The molecule has 1 saturated heterocycles. The van der Waals surface area contributed by atoms with E-state index in [2.05, 4.69) is 5.32 Å². The Hall–Kier alpha value is -1.50. The molecular formula is C11H11F2NO3S. The Morgan fingerprint density at radius 2 is 2.00 bits per heavy atom. The van der Waals surface area contributed by atoms with Crippen molar-refractivity contribution in [2.24, 2.45) is 5.92 Å². The lowest BCUT2D eigenvalue weighted by Crippen LogP contribution is -2.23. The molecule has 1 heterocycles. The van der Waals surface area contributed by atoms with Gasteiger partial charge >= 0.3 is 0 Å². The molecule has 0 aliphatic carbocycles. The van der Waals surface area contributed by atoms with Crippen molar-refractivity contribution in [1.29, 1.82) is 0 Å². The van der Waals surface area contributed by atoms with Crippen LogP contribution in [0.4, 0.5) is 14.5 Å². The number of carbonyl (C=O) groups excluding carboxylic acids is 1. The lowest BCUT2D eigenvalue weighted by molar-refractivity contribution is -0.119. The zero-order valence-corrected chi connectivity index (χ0v) is 10.1. The average molecular weight is 275 g/mol. The summed E-state index contributed by atoms with van der Waals surface area (Å²) in [7, 11) is -3.14. The van der Waals surface area contributed by atoms with Crippen LogP contribution in [0.15, 0.2) is 18.2 Å². The zero-order chi connectivity index (χ0) is 13.3. The molecule has 0 bridgehead atoms. The number of hydrogen-bond donors (Lipinski definition) is 1. The predicted molar refractivity (Wildman–Crippen MR) is 61.7 cm³/mol. The van der Waals surface area contributed by atoms with Crippen molar-refractivity contribution >= 4 is 21.4 Å². The Kier molecular flexibility index (Phi) is 3.34. The van der Waals surface area contributed by atoms with Crippen LogP contribution in [-0.4, -0.2) is 25.8 Å². The van der Waals surface area contributed by atoms with E-state index >= 15 is 0 Å². The molecule has 1 N–H and O–H groups in total. The van der Waals surface area contributed by atoms with Gasteiger partial charge in [-0.1, -0.05) is 0 Å². The Balaban J connectivity index is 2.06. The second kappa shape index (κ2) is 4.64. The third-order valence-corrected chi connectivity index (χ3v) is 4.56. The highest BCUT2D eigenvalue weighted by atomic mass is 32.2. The number of hydrogen-bond acceptors (Lipinski definition) is 3. The standard InChI is InChI=1S/C11H11F2NO3S/c12-9-2-1-8(5-10(9)13)14-11(15)7-3-4-18(16,17)6-7/h1-2,5,7H,3-4,6H2,(H,14,15)/t7-/m0/s1. The van der Waals surface area contributed by atoms with Crippen molar-refractivity contribution in [3.05, 3.63) is 29.8 Å². The summed E-state index contributed by atoms with van der Waals surface area (Å²) < 4.78 is 48.0. The van der Waals surface area contributed by atoms with Gasteiger partial charge in [0.05, 0.1) is 17.4 Å². The van der Waals surface area contributed by atoms with Crippen LogP contribution in [0.3, 0.4) is 0 Å². The topological polar surface area (TPSA) is 63.2 Å². The second-order valence-electron chi connectivity index (χ2n) is 4.22. The largest absolute Gasteiger partial charge is 0.326 e. The van der Waals surface area contributed by atoms with Gasteiger partial charge in [-0.15, -0.1) is 0 Å². The molecule has 0 spiro atoms. The van der Waals surface area contributed by atoms with Crippen molar-refractivity contribution in [3.63, 3.8) is 0 Å². The normalized spacial score (nSPS) is 21.8. The third-order valence-electron chi connectivity index (χ3n) is 2.79. The Labute approximate surface area is 103 Å². The number of halogens is 2. The maximum absolute atomic E-state index is 12.9. The summed E-state index contributed by atoms with van der Waals surface area (Å²) in [5.74, 6) is -3.38. The van der Waals surface area contributed by atoms with Gasteiger partial charge < -0.3 is 5.32 Å². The molecule has 1 aromatic rings. The molecule has 1 aliphatic heterocycles. The second-order valence-corrected chi connectivity index (χ2v) is 6.45. The minimum Gasteiger partial charge on any atom is -0.326 e. The highest BCUT2D eigenvalue weighted by Crippen LogP contribution is 2.21. The van der Waals surface area contributed by atoms with E-state index in [1.54, 1.807) is 0 Å². The van der Waals surface area contributed by atoms with E-state index in [-0.39, 0.29) is 23.6 Å². The molecule has 0 aromatic heterocycles. The summed E-state index contributed by atoms with van der Waals surface area (Å²) in [4.78, 5) is 11.7. The predicted octanol–water partition coefficient (Wildman–Crippen LogP) is 1.34. The monoisotopic (exact) mass is 275 g/mol. The number of nitrogens with one attached hydrogen (secondary N) is 1. The summed E-state index contributed by atoms with van der Waals surface area (Å²) in [5.41, 5.74) is 0.114. The van der Waals surface area contributed by atoms with Crippen LogP contribution in [0.1, 0.15) is 6.42 Å². The van der Waals surface area contributed by atoms with Gasteiger partial charge in [-0.2, -0.15) is 0 Å². The van der Waals surface area contributed by atoms with E-state index in [9.17, 15) is 22.0 Å². The molecule has 18 heavy (non-hydrogen) atoms. The molecule has 0 unspecified atom stereocenters. The molecule has 7 heteroatoms. The molecule has 98 valence electrons. The summed E-state index contributed by atoms with van der Waals surface area (Å²) in [6.45, 7) is 0. The van der Waals surface area contributed by atoms with Gasteiger partial charge in [-0.3, -0.25) is 4.79 Å². The first-order valence-corrected chi connectivity index (χ1v) is 7.16. The van der Waals surface area contributed by atoms with Crippen molar-refractivity contribution < 1.29 is 22.0 Å². The van der Waals surface area contributed by atoms with Crippen molar-refractivity contribution in [2.45, 2.75) is 6.42 Å². The quantitative estimate of drug-likeness (QED) is 0.886. The Morgan fingerprint density at radius 3 is 2.56 bits per heavy atom. The summed E-state index contributed by atoms with van der Waals surface area (Å²) in [6.07, 6.45) is 0.262. The van der Waals surface area contributed by atoms with Gasteiger partial charge in [-0.25, -0.2) is 17.2 Å². The number of rotatable bonds is 2. The van der Waals surface area contributed by atoms with E-state index in [0.717, 1.165) is 12.1 Å². The summed E-state index contributed by atoms with van der Waals surface area (Å²) in [5, 5.41) is 2.38. The molecule has 4 nitrogen and oxygen atoms in total. The van der Waals surface area contributed by atoms with Gasteiger partial charge in [0.2, 0.25) is 5.91 Å². The van der Waals surface area contributed by atoms with E-state index in [4.69, 9.17) is 0 Å². The first kappa shape index (κ1) is 12.9. The van der Waals surface area contributed by atoms with Crippen molar-refractivity contribution in [3.8, 4) is 0 Å². The van der Waals surface area contributed by atoms with Crippen LogP contribution in [0.5, 0.6) is 0 Å². The first-order chi connectivity index (χ1) is 8.37. The molecule has 1 atom stereocenters. The number of benzene rings is 1. The number of amides is 1. The highest BCUT2D eigenvalue weighted by molar-refractivity contribution is 7.91. The fourth-order valence-corrected chi connectivity index (χ4v) is 3.56. The minimum atomic E-state index is -3.14. The molecule has 1 amide bonds. The fourth-order valence-electron chi connectivity index (χ4n) is 1.82. The lowest BCUT2D eigenvalue weighted by atomic mass is 10.1. The van der Waals surface area contributed by atoms with Crippen LogP contribution < -0.4 is 5.32 Å². The summed E-state index contributed by atoms with van der Waals surface area (Å²) in [6, 6.07) is 2.98. The van der Waals surface area contributed by atoms with E-state index < -0.39 is 33.3 Å². The SMILES string of the molecule is O=C(Nc1ccc(F)c(F)c1)[C@H]1CCS(=O)(=O)C1. The molecule has 0 saturated carbocycles.